The number of urea groups is 1. The normalized spacial score (nSPS) is 25.6. The van der Waals surface area contributed by atoms with Crippen LogP contribution in [-0.2, 0) is 14.3 Å². The number of nitrogens with one attached hydrogen (secondary N) is 1. The quantitative estimate of drug-likeness (QED) is 0.746. The molecule has 0 unspecified atom stereocenters. The molecular formula is C13H22N2O5. The van der Waals surface area contributed by atoms with Crippen molar-refractivity contribution in [1.29, 1.82) is 0 Å². The second-order valence-corrected chi connectivity index (χ2v) is 5.43. The highest BCUT2D eigenvalue weighted by Crippen LogP contribution is 2.32. The molecule has 1 aliphatic carbocycles. The van der Waals surface area contributed by atoms with Crippen molar-refractivity contribution in [2.24, 2.45) is 5.92 Å². The van der Waals surface area contributed by atoms with E-state index < -0.39 is 23.5 Å². The number of hydrogen-bond donors (Lipinski definition) is 2. The van der Waals surface area contributed by atoms with Gasteiger partial charge in [-0.1, -0.05) is 6.92 Å². The third-order valence-electron chi connectivity index (χ3n) is 3.82. The lowest BCUT2D eigenvalue weighted by molar-refractivity contribution is -0.146. The van der Waals surface area contributed by atoms with E-state index in [1.807, 2.05) is 0 Å². The number of carbonyl (C=O) groups is 3. The number of esters is 1. The summed E-state index contributed by atoms with van der Waals surface area (Å²) >= 11 is 0. The van der Waals surface area contributed by atoms with Gasteiger partial charge in [0, 0.05) is 7.05 Å². The Bertz CT molecular complexity index is 388. The first-order valence-electron chi connectivity index (χ1n) is 6.64. The molecule has 20 heavy (non-hydrogen) atoms. The molecule has 0 spiro atoms. The number of amides is 2. The molecule has 0 aliphatic heterocycles. The zero-order valence-electron chi connectivity index (χ0n) is 12.1. The summed E-state index contributed by atoms with van der Waals surface area (Å²) in [7, 11) is 2.66. The van der Waals surface area contributed by atoms with Crippen LogP contribution in [0.1, 0.15) is 32.6 Å². The summed E-state index contributed by atoms with van der Waals surface area (Å²) in [5, 5.41) is 12.0. The lowest BCUT2D eigenvalue weighted by Crippen LogP contribution is -2.59. The summed E-state index contributed by atoms with van der Waals surface area (Å²) in [6.45, 7) is 1.85. The molecule has 0 radical (unpaired) electrons. The Kier molecular flexibility index (Phi) is 5.35. The lowest BCUT2D eigenvalue weighted by atomic mass is 9.77. The summed E-state index contributed by atoms with van der Waals surface area (Å²) in [5.41, 5.74) is -1.23. The summed E-state index contributed by atoms with van der Waals surface area (Å²) in [5.74, 6) is -1.11. The maximum absolute atomic E-state index is 12.0. The number of methoxy groups -OCH3 is 1. The van der Waals surface area contributed by atoms with Crippen molar-refractivity contribution >= 4 is 18.0 Å². The van der Waals surface area contributed by atoms with Gasteiger partial charge in [0.15, 0.2) is 0 Å². The molecule has 1 fully saturated rings. The number of carboxylic acids is 1. The van der Waals surface area contributed by atoms with Crippen molar-refractivity contribution in [1.82, 2.24) is 10.2 Å². The zero-order chi connectivity index (χ0) is 15.3. The van der Waals surface area contributed by atoms with Gasteiger partial charge in [-0.05, 0) is 31.6 Å². The van der Waals surface area contributed by atoms with Crippen molar-refractivity contribution in [3.63, 3.8) is 0 Å². The molecule has 0 bridgehead atoms. The molecule has 0 aromatic heterocycles. The van der Waals surface area contributed by atoms with Crippen LogP contribution in [0.2, 0.25) is 0 Å². The Hall–Kier alpha value is -1.79. The summed E-state index contributed by atoms with van der Waals surface area (Å²) in [4.78, 5) is 35.7. The first-order chi connectivity index (χ1) is 9.30. The molecule has 114 valence electrons. The van der Waals surface area contributed by atoms with Crippen LogP contribution in [0.15, 0.2) is 0 Å². The number of nitrogens with zero attached hydrogens (tertiary/aromatic N) is 1. The smallest absolute Gasteiger partial charge is 0.329 e. The Morgan fingerprint density at radius 3 is 2.35 bits per heavy atom. The highest BCUT2D eigenvalue weighted by Gasteiger charge is 2.43. The fourth-order valence-electron chi connectivity index (χ4n) is 2.28. The van der Waals surface area contributed by atoms with E-state index >= 15 is 0 Å². The van der Waals surface area contributed by atoms with Crippen LogP contribution in [0.4, 0.5) is 4.79 Å². The Morgan fingerprint density at radius 2 is 1.90 bits per heavy atom. The third-order valence-corrected chi connectivity index (χ3v) is 3.82. The molecule has 2 amide bonds. The van der Waals surface area contributed by atoms with Crippen LogP contribution >= 0.6 is 0 Å². The van der Waals surface area contributed by atoms with Gasteiger partial charge in [-0.2, -0.15) is 0 Å². The van der Waals surface area contributed by atoms with Crippen LogP contribution in [0.25, 0.3) is 0 Å². The van der Waals surface area contributed by atoms with Crippen molar-refractivity contribution in [2.45, 2.75) is 38.1 Å². The predicted molar refractivity (Wildman–Crippen MR) is 71.2 cm³/mol. The maximum atomic E-state index is 12.0. The molecule has 2 N–H and O–H groups in total. The second-order valence-electron chi connectivity index (χ2n) is 5.43. The van der Waals surface area contributed by atoms with Crippen LogP contribution in [0.3, 0.4) is 0 Å². The largest absolute Gasteiger partial charge is 0.480 e. The highest BCUT2D eigenvalue weighted by atomic mass is 16.5. The van der Waals surface area contributed by atoms with Gasteiger partial charge in [0.05, 0.1) is 7.11 Å². The van der Waals surface area contributed by atoms with Gasteiger partial charge < -0.3 is 20.1 Å². The van der Waals surface area contributed by atoms with Gasteiger partial charge in [0.25, 0.3) is 0 Å². The van der Waals surface area contributed by atoms with E-state index in [2.05, 4.69) is 17.0 Å². The highest BCUT2D eigenvalue weighted by molar-refractivity contribution is 5.87. The molecule has 0 aromatic carbocycles. The van der Waals surface area contributed by atoms with E-state index in [1.165, 1.54) is 14.2 Å². The minimum absolute atomic E-state index is 0.214. The molecule has 0 atom stereocenters. The van der Waals surface area contributed by atoms with Crippen molar-refractivity contribution in [2.75, 3.05) is 20.7 Å². The van der Waals surface area contributed by atoms with E-state index in [4.69, 9.17) is 0 Å². The van der Waals surface area contributed by atoms with Crippen LogP contribution in [0, 0.1) is 5.92 Å². The Morgan fingerprint density at radius 1 is 1.35 bits per heavy atom. The van der Waals surface area contributed by atoms with Crippen LogP contribution < -0.4 is 5.32 Å². The molecule has 1 rings (SSSR count). The number of aliphatic carboxylic acids is 1. The van der Waals surface area contributed by atoms with Gasteiger partial charge in [-0.3, -0.25) is 4.79 Å². The molecule has 0 aromatic rings. The fraction of sp³-hybridized carbons (Fsp3) is 0.769. The first-order valence-corrected chi connectivity index (χ1v) is 6.64. The van der Waals surface area contributed by atoms with Crippen molar-refractivity contribution in [3.8, 4) is 0 Å². The van der Waals surface area contributed by atoms with Gasteiger partial charge in [-0.25, -0.2) is 9.59 Å². The summed E-state index contributed by atoms with van der Waals surface area (Å²) in [6.07, 6.45) is 2.32. The van der Waals surface area contributed by atoms with Crippen LogP contribution in [-0.4, -0.2) is 54.2 Å². The molecule has 1 aliphatic rings. The molecule has 1 saturated carbocycles. The topological polar surface area (TPSA) is 95.9 Å². The van der Waals surface area contributed by atoms with Crippen molar-refractivity contribution in [3.05, 3.63) is 0 Å². The lowest BCUT2D eigenvalue weighted by Gasteiger charge is -2.37. The summed E-state index contributed by atoms with van der Waals surface area (Å²) in [6, 6.07) is -0.577. The molecular weight excluding hydrogens is 264 g/mol. The number of likely N-dealkylation sites (N-methyl/N-ethyl adjacent to an activating group) is 1. The standard InChI is InChI=1S/C13H22N2O5/c1-9-4-6-13(7-5-9,11(17)18)14-12(19)15(2)8-10(16)20-3/h9H,4-8H2,1-3H3,(H,14,19)(H,17,18). The fourth-order valence-corrected chi connectivity index (χ4v) is 2.28. The molecule has 0 heterocycles. The van der Waals surface area contributed by atoms with Gasteiger partial charge in [-0.15, -0.1) is 0 Å². The maximum Gasteiger partial charge on any atom is 0.329 e. The van der Waals surface area contributed by atoms with Crippen molar-refractivity contribution < 1.29 is 24.2 Å². The van der Waals surface area contributed by atoms with E-state index in [1.54, 1.807) is 0 Å². The van der Waals surface area contributed by atoms with E-state index in [0.717, 1.165) is 17.7 Å². The van der Waals surface area contributed by atoms with Gasteiger partial charge in [0.1, 0.15) is 12.1 Å². The minimum Gasteiger partial charge on any atom is -0.480 e. The average molecular weight is 286 g/mol. The first kappa shape index (κ1) is 16.3. The van der Waals surface area contributed by atoms with Crippen LogP contribution in [0.5, 0.6) is 0 Å². The molecule has 7 heteroatoms. The Labute approximate surface area is 118 Å². The third kappa shape index (κ3) is 3.85. The number of hydrogen-bond acceptors (Lipinski definition) is 4. The molecule has 7 nitrogen and oxygen atoms in total. The summed E-state index contributed by atoms with van der Waals surface area (Å²) < 4.78 is 4.47. The van der Waals surface area contributed by atoms with Gasteiger partial charge >= 0.3 is 18.0 Å². The minimum atomic E-state index is -1.23. The second kappa shape index (κ2) is 6.58. The number of rotatable bonds is 4. The van der Waals surface area contributed by atoms with E-state index in [9.17, 15) is 19.5 Å². The number of carbonyl (C=O) groups excluding carboxylic acids is 2. The van der Waals surface area contributed by atoms with Gasteiger partial charge in [0.2, 0.25) is 0 Å². The monoisotopic (exact) mass is 286 g/mol. The van der Waals surface area contributed by atoms with E-state index in [-0.39, 0.29) is 6.54 Å². The predicted octanol–water partition coefficient (Wildman–Crippen LogP) is 0.834. The number of carboxylic acid groups (broad SMARTS) is 1. The zero-order valence-corrected chi connectivity index (χ0v) is 12.1. The SMILES string of the molecule is COC(=O)CN(C)C(=O)NC1(C(=O)O)CCC(C)CC1. The molecule has 0 saturated heterocycles. The van der Waals surface area contributed by atoms with E-state index in [0.29, 0.717) is 18.8 Å². The average Bonchev–Trinajstić information content (AvgIpc) is 2.40. The Balaban J connectivity index is 2.69. The number of ether oxygens (including phenoxy) is 1.